The summed E-state index contributed by atoms with van der Waals surface area (Å²) in [7, 11) is 1.35. The highest BCUT2D eigenvalue weighted by Crippen LogP contribution is 2.34. The zero-order valence-electron chi connectivity index (χ0n) is 17.1. The van der Waals surface area contributed by atoms with Crippen LogP contribution in [0.4, 0.5) is 8.78 Å². The van der Waals surface area contributed by atoms with Crippen LogP contribution in [0.1, 0.15) is 34.8 Å². The highest BCUT2D eigenvalue weighted by atomic mass is 19.3. The van der Waals surface area contributed by atoms with Crippen molar-refractivity contribution >= 4 is 16.9 Å². The van der Waals surface area contributed by atoms with Gasteiger partial charge in [0.05, 0.1) is 18.1 Å². The molecule has 0 aliphatic heterocycles. The smallest absolute Gasteiger partial charge is 0.387 e. The number of hydrogen-bond acceptors (Lipinski definition) is 6. The minimum absolute atomic E-state index is 0.0115. The van der Waals surface area contributed by atoms with E-state index in [1.807, 2.05) is 0 Å². The number of pyridine rings is 1. The lowest BCUT2D eigenvalue weighted by atomic mass is 10.1. The quantitative estimate of drug-likeness (QED) is 0.547. The van der Waals surface area contributed by atoms with Gasteiger partial charge in [0, 0.05) is 18.8 Å². The standard InChI is InChI=1S/C21H20F2N4O5/c1-31-15-5-2-11(8-16(15)32-20(22)23)6-7-24-18(28)12-9-14-17(25-10-12)27(13-3-4-13)21(30)26-19(14)29/h2,5,8-10,13,20H,3-4,6-7H2,1H3,(H,24,28)(H,26,29,30). The Hall–Kier alpha value is -3.76. The van der Waals surface area contributed by atoms with E-state index < -0.39 is 23.8 Å². The fraction of sp³-hybridized carbons (Fsp3) is 0.333. The van der Waals surface area contributed by atoms with Crippen molar-refractivity contribution in [2.75, 3.05) is 13.7 Å². The Morgan fingerprint density at radius 3 is 2.75 bits per heavy atom. The van der Waals surface area contributed by atoms with Crippen LogP contribution < -0.4 is 26.0 Å². The average molecular weight is 446 g/mol. The number of rotatable bonds is 8. The Bertz CT molecular complexity index is 1280. The van der Waals surface area contributed by atoms with E-state index in [1.54, 1.807) is 6.07 Å². The molecule has 168 valence electrons. The van der Waals surface area contributed by atoms with Gasteiger partial charge in [-0.05, 0) is 43.0 Å². The van der Waals surface area contributed by atoms with E-state index in [2.05, 4.69) is 20.0 Å². The topological polar surface area (TPSA) is 115 Å². The highest BCUT2D eigenvalue weighted by molar-refractivity contribution is 5.96. The van der Waals surface area contributed by atoms with Crippen molar-refractivity contribution in [1.29, 1.82) is 0 Å². The number of hydrogen-bond donors (Lipinski definition) is 2. The number of aromatic nitrogens is 3. The van der Waals surface area contributed by atoms with Crippen LogP contribution in [0.25, 0.3) is 11.0 Å². The Labute approximate surface area is 180 Å². The molecule has 1 fully saturated rings. The molecule has 1 aliphatic carbocycles. The molecule has 0 spiro atoms. The molecule has 0 saturated heterocycles. The number of carbonyl (C=O) groups excluding carboxylic acids is 1. The summed E-state index contributed by atoms with van der Waals surface area (Å²) in [6, 6.07) is 6.02. The summed E-state index contributed by atoms with van der Waals surface area (Å²) < 4.78 is 36.0. The Balaban J connectivity index is 1.47. The summed E-state index contributed by atoms with van der Waals surface area (Å²) in [6.45, 7) is -2.78. The van der Waals surface area contributed by atoms with E-state index in [0.717, 1.165) is 12.8 Å². The first-order chi connectivity index (χ1) is 15.4. The van der Waals surface area contributed by atoms with Crippen molar-refractivity contribution in [3.05, 3.63) is 62.4 Å². The predicted octanol–water partition coefficient (Wildman–Crippen LogP) is 2.00. The van der Waals surface area contributed by atoms with E-state index in [-0.39, 0.29) is 40.7 Å². The largest absolute Gasteiger partial charge is 0.493 e. The monoisotopic (exact) mass is 446 g/mol. The van der Waals surface area contributed by atoms with E-state index in [0.29, 0.717) is 12.0 Å². The molecule has 1 saturated carbocycles. The molecule has 1 aliphatic rings. The highest BCUT2D eigenvalue weighted by Gasteiger charge is 2.27. The molecule has 2 aromatic heterocycles. The second-order valence-corrected chi connectivity index (χ2v) is 7.33. The van der Waals surface area contributed by atoms with Gasteiger partial charge in [0.1, 0.15) is 5.65 Å². The maximum Gasteiger partial charge on any atom is 0.387 e. The Morgan fingerprint density at radius 1 is 1.28 bits per heavy atom. The van der Waals surface area contributed by atoms with Crippen LogP contribution in [0.3, 0.4) is 0 Å². The number of methoxy groups -OCH3 is 1. The molecule has 4 rings (SSSR count). The normalized spacial score (nSPS) is 13.4. The van der Waals surface area contributed by atoms with Crippen molar-refractivity contribution in [3.8, 4) is 11.5 Å². The number of nitrogens with zero attached hydrogens (tertiary/aromatic N) is 2. The molecule has 2 N–H and O–H groups in total. The van der Waals surface area contributed by atoms with Gasteiger partial charge in [-0.3, -0.25) is 19.1 Å². The average Bonchev–Trinajstić information content (AvgIpc) is 3.58. The number of ether oxygens (including phenoxy) is 2. The van der Waals surface area contributed by atoms with Crippen LogP contribution in [-0.4, -0.2) is 40.7 Å². The minimum Gasteiger partial charge on any atom is -0.493 e. The molecule has 3 aromatic rings. The second kappa shape index (κ2) is 8.77. The molecular weight excluding hydrogens is 426 g/mol. The third kappa shape index (κ3) is 4.46. The van der Waals surface area contributed by atoms with Crippen molar-refractivity contribution in [1.82, 2.24) is 19.9 Å². The molecule has 0 unspecified atom stereocenters. The van der Waals surface area contributed by atoms with Crippen LogP contribution in [-0.2, 0) is 6.42 Å². The van der Waals surface area contributed by atoms with Crippen LogP contribution in [0.5, 0.6) is 11.5 Å². The number of nitrogens with one attached hydrogen (secondary N) is 2. The summed E-state index contributed by atoms with van der Waals surface area (Å²) in [5, 5.41) is 2.86. The van der Waals surface area contributed by atoms with Gasteiger partial charge in [0.25, 0.3) is 11.5 Å². The molecule has 9 nitrogen and oxygen atoms in total. The molecule has 1 amide bonds. The van der Waals surface area contributed by atoms with Gasteiger partial charge in [-0.1, -0.05) is 6.07 Å². The summed E-state index contributed by atoms with van der Waals surface area (Å²) in [5.74, 6) is -0.373. The second-order valence-electron chi connectivity index (χ2n) is 7.33. The maximum absolute atomic E-state index is 12.6. The molecule has 32 heavy (non-hydrogen) atoms. The molecule has 2 heterocycles. The summed E-state index contributed by atoms with van der Waals surface area (Å²) >= 11 is 0. The Kier molecular flexibility index (Phi) is 5.89. The zero-order valence-corrected chi connectivity index (χ0v) is 17.1. The van der Waals surface area contributed by atoms with Gasteiger partial charge >= 0.3 is 12.3 Å². The molecule has 0 atom stereocenters. The van der Waals surface area contributed by atoms with Gasteiger partial charge in [-0.2, -0.15) is 8.78 Å². The van der Waals surface area contributed by atoms with E-state index >= 15 is 0 Å². The SMILES string of the molecule is COc1ccc(CCNC(=O)c2cnc3c(c2)c(=O)[nH]c(=O)n3C2CC2)cc1OC(F)F. The van der Waals surface area contributed by atoms with Crippen LogP contribution in [0.2, 0.25) is 0 Å². The number of amides is 1. The number of carbonyl (C=O) groups is 1. The summed E-state index contributed by atoms with van der Waals surface area (Å²) in [4.78, 5) is 43.3. The number of fused-ring (bicyclic) bond motifs is 1. The lowest BCUT2D eigenvalue weighted by Crippen LogP contribution is -2.31. The van der Waals surface area contributed by atoms with Crippen molar-refractivity contribution < 1.29 is 23.0 Å². The van der Waals surface area contributed by atoms with Crippen molar-refractivity contribution in [2.24, 2.45) is 0 Å². The summed E-state index contributed by atoms with van der Waals surface area (Å²) in [6.07, 6.45) is 3.33. The number of benzene rings is 1. The third-order valence-electron chi connectivity index (χ3n) is 5.10. The van der Waals surface area contributed by atoms with E-state index in [1.165, 1.54) is 36.1 Å². The fourth-order valence-electron chi connectivity index (χ4n) is 3.42. The van der Waals surface area contributed by atoms with Crippen LogP contribution >= 0.6 is 0 Å². The lowest BCUT2D eigenvalue weighted by molar-refractivity contribution is -0.0512. The molecule has 1 aromatic carbocycles. The molecule has 0 radical (unpaired) electrons. The van der Waals surface area contributed by atoms with Gasteiger partial charge in [-0.25, -0.2) is 9.78 Å². The molecular formula is C21H20F2N4O5. The van der Waals surface area contributed by atoms with Crippen molar-refractivity contribution in [3.63, 3.8) is 0 Å². The summed E-state index contributed by atoms with van der Waals surface area (Å²) in [5.41, 5.74) is -0.0375. The lowest BCUT2D eigenvalue weighted by Gasteiger charge is -2.12. The van der Waals surface area contributed by atoms with E-state index in [4.69, 9.17) is 4.74 Å². The first-order valence-electron chi connectivity index (χ1n) is 9.92. The van der Waals surface area contributed by atoms with Gasteiger partial charge in [0.2, 0.25) is 0 Å². The zero-order chi connectivity index (χ0) is 22.8. The van der Waals surface area contributed by atoms with Gasteiger partial charge < -0.3 is 14.8 Å². The molecule has 11 heteroatoms. The van der Waals surface area contributed by atoms with Crippen LogP contribution in [0, 0.1) is 0 Å². The third-order valence-corrected chi connectivity index (χ3v) is 5.10. The Morgan fingerprint density at radius 2 is 2.06 bits per heavy atom. The number of halogens is 2. The number of H-pyrrole nitrogens is 1. The number of aromatic amines is 1. The van der Waals surface area contributed by atoms with Gasteiger partial charge in [-0.15, -0.1) is 0 Å². The van der Waals surface area contributed by atoms with Crippen molar-refractivity contribution in [2.45, 2.75) is 31.9 Å². The fourth-order valence-corrected chi connectivity index (χ4v) is 3.42. The van der Waals surface area contributed by atoms with Gasteiger partial charge in [0.15, 0.2) is 11.5 Å². The number of alkyl halides is 2. The van der Waals surface area contributed by atoms with Crippen LogP contribution in [0.15, 0.2) is 40.1 Å². The first-order valence-corrected chi connectivity index (χ1v) is 9.92. The minimum atomic E-state index is -2.99. The predicted molar refractivity (Wildman–Crippen MR) is 111 cm³/mol. The first kappa shape index (κ1) is 21.5. The molecule has 0 bridgehead atoms. The maximum atomic E-state index is 12.6. The van der Waals surface area contributed by atoms with E-state index in [9.17, 15) is 23.2 Å².